The molecular formula is C11H14N2O3. The molecule has 1 heterocycles. The van der Waals surface area contributed by atoms with Gasteiger partial charge in [-0.1, -0.05) is 0 Å². The molecular weight excluding hydrogens is 208 g/mol. The first-order valence-electron chi connectivity index (χ1n) is 5.24. The maximum absolute atomic E-state index is 11.0. The second-order valence-corrected chi connectivity index (χ2v) is 4.12. The first-order valence-corrected chi connectivity index (χ1v) is 5.24. The number of anilines is 1. The van der Waals surface area contributed by atoms with Gasteiger partial charge >= 0.3 is 5.97 Å². The smallest absolute Gasteiger partial charge is 0.339 e. The summed E-state index contributed by atoms with van der Waals surface area (Å²) >= 11 is 0. The molecule has 0 bridgehead atoms. The number of aliphatic hydroxyl groups is 1. The van der Waals surface area contributed by atoms with Crippen LogP contribution in [0, 0.1) is 0 Å². The lowest BCUT2D eigenvalue weighted by atomic mass is 9.77. The summed E-state index contributed by atoms with van der Waals surface area (Å²) in [4.78, 5) is 15.0. The lowest BCUT2D eigenvalue weighted by Crippen LogP contribution is -2.48. The molecule has 0 aromatic carbocycles. The van der Waals surface area contributed by atoms with Crippen molar-refractivity contribution < 1.29 is 15.0 Å². The van der Waals surface area contributed by atoms with E-state index in [1.165, 1.54) is 6.07 Å². The van der Waals surface area contributed by atoms with Gasteiger partial charge in [0.15, 0.2) is 0 Å². The molecule has 16 heavy (non-hydrogen) atoms. The summed E-state index contributed by atoms with van der Waals surface area (Å²) in [6, 6.07) is 3.09. The Morgan fingerprint density at radius 2 is 2.31 bits per heavy atom. The zero-order valence-corrected chi connectivity index (χ0v) is 8.81. The number of carboxylic acid groups (broad SMARTS) is 1. The fourth-order valence-corrected chi connectivity index (χ4v) is 1.85. The monoisotopic (exact) mass is 222 g/mol. The number of carbonyl (C=O) groups is 1. The Morgan fingerprint density at radius 3 is 2.81 bits per heavy atom. The normalized spacial score (nSPS) is 17.6. The van der Waals surface area contributed by atoms with Gasteiger partial charge in [0.25, 0.3) is 0 Å². The van der Waals surface area contributed by atoms with Crippen molar-refractivity contribution in [3.63, 3.8) is 0 Å². The van der Waals surface area contributed by atoms with Crippen molar-refractivity contribution in [3.05, 3.63) is 23.9 Å². The maximum Gasteiger partial charge on any atom is 0.339 e. The van der Waals surface area contributed by atoms with Gasteiger partial charge in [-0.05, 0) is 31.4 Å². The van der Waals surface area contributed by atoms with Crippen LogP contribution in [0.3, 0.4) is 0 Å². The fourth-order valence-electron chi connectivity index (χ4n) is 1.85. The van der Waals surface area contributed by atoms with E-state index in [0.717, 1.165) is 19.3 Å². The van der Waals surface area contributed by atoms with Gasteiger partial charge in [-0.2, -0.15) is 0 Å². The van der Waals surface area contributed by atoms with Gasteiger partial charge < -0.3 is 15.5 Å². The summed E-state index contributed by atoms with van der Waals surface area (Å²) in [5.41, 5.74) is -0.235. The van der Waals surface area contributed by atoms with Crippen molar-refractivity contribution in [1.29, 1.82) is 0 Å². The van der Waals surface area contributed by atoms with Crippen molar-refractivity contribution in [2.45, 2.75) is 24.8 Å². The van der Waals surface area contributed by atoms with Gasteiger partial charge in [0, 0.05) is 6.20 Å². The highest BCUT2D eigenvalue weighted by Gasteiger charge is 2.37. The Balaban J connectivity index is 2.23. The molecule has 1 aromatic rings. The molecule has 5 heteroatoms. The molecule has 0 unspecified atom stereocenters. The number of nitrogens with zero attached hydrogens (tertiary/aromatic N) is 1. The number of carboxylic acids is 1. The molecule has 5 nitrogen and oxygen atoms in total. The number of aliphatic hydroxyl groups excluding tert-OH is 1. The average molecular weight is 222 g/mol. The Kier molecular flexibility index (Phi) is 2.78. The van der Waals surface area contributed by atoms with Crippen molar-refractivity contribution in [2.75, 3.05) is 11.9 Å². The number of hydrogen-bond acceptors (Lipinski definition) is 4. The van der Waals surface area contributed by atoms with E-state index >= 15 is 0 Å². The second kappa shape index (κ2) is 4.09. The van der Waals surface area contributed by atoms with E-state index in [1.54, 1.807) is 12.3 Å². The van der Waals surface area contributed by atoms with E-state index in [2.05, 4.69) is 10.3 Å². The minimum atomic E-state index is -1.01. The van der Waals surface area contributed by atoms with E-state index in [0.29, 0.717) is 5.82 Å². The quantitative estimate of drug-likeness (QED) is 0.710. The summed E-state index contributed by atoms with van der Waals surface area (Å²) in [6.07, 6.45) is 4.28. The molecule has 1 aliphatic carbocycles. The molecule has 0 aliphatic heterocycles. The lowest BCUT2D eigenvalue weighted by molar-refractivity contribution is 0.0696. The van der Waals surface area contributed by atoms with Gasteiger partial charge in [-0.15, -0.1) is 0 Å². The second-order valence-electron chi connectivity index (χ2n) is 4.12. The molecule has 0 spiro atoms. The largest absolute Gasteiger partial charge is 0.478 e. The van der Waals surface area contributed by atoms with E-state index in [9.17, 15) is 9.90 Å². The number of nitrogens with one attached hydrogen (secondary N) is 1. The van der Waals surface area contributed by atoms with Crippen molar-refractivity contribution in [2.24, 2.45) is 0 Å². The topological polar surface area (TPSA) is 82.5 Å². The molecule has 3 N–H and O–H groups in total. The Hall–Kier alpha value is -1.62. The van der Waals surface area contributed by atoms with E-state index < -0.39 is 5.97 Å². The van der Waals surface area contributed by atoms with Crippen LogP contribution >= 0.6 is 0 Å². The predicted octanol–water partition coefficient (Wildman–Crippen LogP) is 1.11. The minimum Gasteiger partial charge on any atom is -0.478 e. The zero-order valence-electron chi connectivity index (χ0n) is 8.81. The van der Waals surface area contributed by atoms with Crippen LogP contribution in [0.5, 0.6) is 0 Å². The third kappa shape index (κ3) is 1.86. The van der Waals surface area contributed by atoms with Crippen LogP contribution < -0.4 is 5.32 Å². The van der Waals surface area contributed by atoms with Gasteiger partial charge in [-0.3, -0.25) is 0 Å². The molecule has 0 amide bonds. The maximum atomic E-state index is 11.0. The van der Waals surface area contributed by atoms with Crippen LogP contribution in [0.25, 0.3) is 0 Å². The number of pyridine rings is 1. The Morgan fingerprint density at radius 1 is 1.56 bits per heavy atom. The van der Waals surface area contributed by atoms with Crippen LogP contribution in [-0.2, 0) is 0 Å². The summed E-state index contributed by atoms with van der Waals surface area (Å²) < 4.78 is 0. The van der Waals surface area contributed by atoms with Gasteiger partial charge in [0.1, 0.15) is 11.4 Å². The van der Waals surface area contributed by atoms with Crippen LogP contribution in [0.4, 0.5) is 5.82 Å². The SMILES string of the molecule is O=C(O)c1cccnc1NC1(CO)CCC1. The number of hydrogen-bond donors (Lipinski definition) is 3. The molecule has 1 aromatic heterocycles. The highest BCUT2D eigenvalue weighted by atomic mass is 16.4. The van der Waals surface area contributed by atoms with Crippen LogP contribution in [-0.4, -0.2) is 33.3 Å². The Bertz CT molecular complexity index is 396. The van der Waals surface area contributed by atoms with Crippen molar-refractivity contribution >= 4 is 11.8 Å². The molecule has 1 saturated carbocycles. The number of aromatic carboxylic acids is 1. The first-order chi connectivity index (χ1) is 7.67. The molecule has 1 aliphatic rings. The summed E-state index contributed by atoms with van der Waals surface area (Å²) in [6.45, 7) is 0.00261. The lowest BCUT2D eigenvalue weighted by Gasteiger charge is -2.41. The van der Waals surface area contributed by atoms with Crippen molar-refractivity contribution in [1.82, 2.24) is 4.98 Å². The first kappa shape index (κ1) is 10.9. The summed E-state index contributed by atoms with van der Waals surface area (Å²) in [5, 5.41) is 21.3. The molecule has 0 radical (unpaired) electrons. The average Bonchev–Trinajstić information content (AvgIpc) is 2.24. The predicted molar refractivity (Wildman–Crippen MR) is 58.5 cm³/mol. The highest BCUT2D eigenvalue weighted by Crippen LogP contribution is 2.35. The molecule has 0 atom stereocenters. The van der Waals surface area contributed by atoms with Gasteiger partial charge in [-0.25, -0.2) is 9.78 Å². The molecule has 0 saturated heterocycles. The zero-order chi connectivity index (χ0) is 11.6. The fraction of sp³-hybridized carbons (Fsp3) is 0.455. The summed E-state index contributed by atoms with van der Waals surface area (Å²) in [7, 11) is 0. The van der Waals surface area contributed by atoms with Crippen LogP contribution in [0.15, 0.2) is 18.3 Å². The standard InChI is InChI=1S/C11H14N2O3/c14-7-11(4-2-5-11)13-9-8(10(15)16)3-1-6-12-9/h1,3,6,14H,2,4-5,7H2,(H,12,13)(H,15,16). The van der Waals surface area contributed by atoms with Gasteiger partial charge in [0.2, 0.25) is 0 Å². The van der Waals surface area contributed by atoms with Crippen LogP contribution in [0.2, 0.25) is 0 Å². The number of aromatic nitrogens is 1. The van der Waals surface area contributed by atoms with E-state index in [4.69, 9.17) is 5.11 Å². The number of rotatable bonds is 4. The highest BCUT2D eigenvalue weighted by molar-refractivity contribution is 5.93. The third-order valence-electron chi connectivity index (χ3n) is 3.04. The van der Waals surface area contributed by atoms with E-state index in [1.807, 2.05) is 0 Å². The van der Waals surface area contributed by atoms with Gasteiger partial charge in [0.05, 0.1) is 12.1 Å². The molecule has 1 fully saturated rings. The van der Waals surface area contributed by atoms with Crippen LogP contribution in [0.1, 0.15) is 29.6 Å². The molecule has 2 rings (SSSR count). The molecule has 86 valence electrons. The van der Waals surface area contributed by atoms with Crippen molar-refractivity contribution in [3.8, 4) is 0 Å². The van der Waals surface area contributed by atoms with E-state index in [-0.39, 0.29) is 17.7 Å². The summed E-state index contributed by atoms with van der Waals surface area (Å²) in [5.74, 6) is -0.674. The Labute approximate surface area is 93.1 Å². The third-order valence-corrected chi connectivity index (χ3v) is 3.04. The minimum absolute atomic E-state index is 0.00261.